The number of rotatable bonds is 8. The first-order valence-corrected chi connectivity index (χ1v) is 12.4. The molecule has 33 heavy (non-hydrogen) atoms. The van der Waals surface area contributed by atoms with E-state index in [2.05, 4.69) is 15.6 Å². The number of halogens is 1. The molecular formula is C24H21ClN4O2S2. The predicted octanol–water partition coefficient (Wildman–Crippen LogP) is 5.56. The van der Waals surface area contributed by atoms with Crippen LogP contribution < -0.4 is 10.6 Å². The van der Waals surface area contributed by atoms with Crippen molar-refractivity contribution >= 4 is 52.2 Å². The molecule has 168 valence electrons. The van der Waals surface area contributed by atoms with Gasteiger partial charge in [-0.15, -0.1) is 11.3 Å². The highest BCUT2D eigenvalue weighted by atomic mass is 35.5. The van der Waals surface area contributed by atoms with Crippen molar-refractivity contribution in [3.63, 3.8) is 0 Å². The van der Waals surface area contributed by atoms with Gasteiger partial charge in [0, 0.05) is 39.2 Å². The number of carbonyl (C=O) groups is 2. The van der Waals surface area contributed by atoms with Crippen LogP contribution in [0.4, 0.5) is 5.69 Å². The van der Waals surface area contributed by atoms with Gasteiger partial charge in [-0.1, -0.05) is 35.5 Å². The number of thiophene rings is 1. The number of nitrogens with one attached hydrogen (secondary N) is 2. The minimum absolute atomic E-state index is 0.122. The van der Waals surface area contributed by atoms with Crippen LogP contribution in [0.5, 0.6) is 0 Å². The number of amides is 2. The number of benzene rings is 2. The Bertz CT molecular complexity index is 1250. The quantitative estimate of drug-likeness (QED) is 0.313. The lowest BCUT2D eigenvalue weighted by molar-refractivity contribution is -0.113. The summed E-state index contributed by atoms with van der Waals surface area (Å²) in [5.41, 5.74) is 3.08. The van der Waals surface area contributed by atoms with Crippen molar-refractivity contribution in [2.75, 3.05) is 11.1 Å². The van der Waals surface area contributed by atoms with Crippen molar-refractivity contribution in [1.82, 2.24) is 14.9 Å². The number of aryl methyl sites for hydroxylation is 1. The van der Waals surface area contributed by atoms with Crippen LogP contribution in [-0.2, 0) is 11.3 Å². The fourth-order valence-electron chi connectivity index (χ4n) is 3.09. The Hall–Kier alpha value is -3.07. The van der Waals surface area contributed by atoms with E-state index in [-0.39, 0.29) is 17.6 Å². The molecule has 0 radical (unpaired) electrons. The minimum atomic E-state index is -0.141. The molecule has 0 unspecified atom stereocenters. The van der Waals surface area contributed by atoms with Gasteiger partial charge in [-0.05, 0) is 60.3 Å². The maximum Gasteiger partial charge on any atom is 0.251 e. The Morgan fingerprint density at radius 2 is 1.97 bits per heavy atom. The summed E-state index contributed by atoms with van der Waals surface area (Å²) in [5.74, 6) is -0.0625. The fourth-order valence-corrected chi connectivity index (χ4v) is 4.68. The van der Waals surface area contributed by atoms with Gasteiger partial charge < -0.3 is 10.6 Å². The summed E-state index contributed by atoms with van der Waals surface area (Å²) in [6, 6.07) is 16.6. The summed E-state index contributed by atoms with van der Waals surface area (Å²) in [4.78, 5) is 30.3. The van der Waals surface area contributed by atoms with Crippen molar-refractivity contribution in [3.8, 4) is 5.69 Å². The lowest BCUT2D eigenvalue weighted by atomic mass is 10.2. The molecule has 0 fully saturated rings. The Kier molecular flexibility index (Phi) is 7.49. The largest absolute Gasteiger partial charge is 0.347 e. The van der Waals surface area contributed by atoms with Crippen molar-refractivity contribution < 1.29 is 9.59 Å². The van der Waals surface area contributed by atoms with Gasteiger partial charge >= 0.3 is 0 Å². The highest BCUT2D eigenvalue weighted by Crippen LogP contribution is 2.23. The van der Waals surface area contributed by atoms with E-state index in [1.54, 1.807) is 41.8 Å². The molecule has 2 aromatic heterocycles. The summed E-state index contributed by atoms with van der Waals surface area (Å²) in [5, 5.41) is 9.05. The van der Waals surface area contributed by atoms with Gasteiger partial charge in [0.05, 0.1) is 12.3 Å². The van der Waals surface area contributed by atoms with Crippen LogP contribution in [0.25, 0.3) is 5.69 Å². The Balaban J connectivity index is 1.36. The Morgan fingerprint density at radius 3 is 2.73 bits per heavy atom. The molecule has 2 N–H and O–H groups in total. The lowest BCUT2D eigenvalue weighted by Gasteiger charge is -2.10. The first-order valence-electron chi connectivity index (χ1n) is 10.1. The average molecular weight is 497 g/mol. The molecule has 0 saturated heterocycles. The molecule has 0 aliphatic carbocycles. The molecule has 0 aliphatic rings. The summed E-state index contributed by atoms with van der Waals surface area (Å²) >= 11 is 8.96. The maximum absolute atomic E-state index is 12.4. The second kappa shape index (κ2) is 10.7. The monoisotopic (exact) mass is 496 g/mol. The average Bonchev–Trinajstić information content (AvgIpc) is 3.51. The van der Waals surface area contributed by atoms with Gasteiger partial charge in [0.25, 0.3) is 5.91 Å². The van der Waals surface area contributed by atoms with E-state index in [1.807, 2.05) is 53.4 Å². The molecule has 0 aliphatic heterocycles. The van der Waals surface area contributed by atoms with E-state index in [0.29, 0.717) is 28.0 Å². The van der Waals surface area contributed by atoms with Crippen LogP contribution in [-0.4, -0.2) is 27.1 Å². The summed E-state index contributed by atoms with van der Waals surface area (Å²) < 4.78 is 1.88. The molecule has 2 heterocycles. The SMILES string of the molecule is Cc1ccc(Cl)cc1NC(=O)CSc1nccn1-c1ccc(C(=O)NCc2cccs2)cc1. The first kappa shape index (κ1) is 23.1. The van der Waals surface area contributed by atoms with Crippen molar-refractivity contribution in [3.05, 3.63) is 93.4 Å². The van der Waals surface area contributed by atoms with Crippen molar-refractivity contribution in [2.45, 2.75) is 18.6 Å². The molecule has 0 atom stereocenters. The van der Waals surface area contributed by atoms with E-state index in [4.69, 9.17) is 11.6 Å². The molecule has 2 aromatic carbocycles. The van der Waals surface area contributed by atoms with Crippen LogP contribution >= 0.6 is 34.7 Å². The predicted molar refractivity (Wildman–Crippen MR) is 135 cm³/mol. The zero-order chi connectivity index (χ0) is 23.2. The van der Waals surface area contributed by atoms with Crippen molar-refractivity contribution in [1.29, 1.82) is 0 Å². The molecule has 9 heteroatoms. The standard InChI is InChI=1S/C24H21ClN4O2S2/c1-16-4-7-18(25)13-21(16)28-22(30)15-33-24-26-10-11-29(24)19-8-5-17(6-9-19)23(31)27-14-20-3-2-12-32-20/h2-13H,14-15H2,1H3,(H,27,31)(H,28,30). The van der Waals surface area contributed by atoms with Crippen LogP contribution in [0.2, 0.25) is 5.02 Å². The third-order valence-corrected chi connectivity index (χ3v) is 6.90. The minimum Gasteiger partial charge on any atom is -0.347 e. The van der Waals surface area contributed by atoms with Crippen molar-refractivity contribution in [2.24, 2.45) is 0 Å². The summed E-state index contributed by atoms with van der Waals surface area (Å²) in [6.45, 7) is 2.43. The Labute approximate surface area is 205 Å². The van der Waals surface area contributed by atoms with E-state index in [1.165, 1.54) is 11.8 Å². The van der Waals surface area contributed by atoms with Gasteiger partial charge in [0.15, 0.2) is 5.16 Å². The number of thioether (sulfide) groups is 1. The Morgan fingerprint density at radius 1 is 1.15 bits per heavy atom. The molecule has 4 aromatic rings. The number of anilines is 1. The van der Waals surface area contributed by atoms with Crippen LogP contribution in [0.1, 0.15) is 20.8 Å². The number of imidazole rings is 1. The zero-order valence-corrected chi connectivity index (χ0v) is 20.1. The molecular weight excluding hydrogens is 476 g/mol. The highest BCUT2D eigenvalue weighted by molar-refractivity contribution is 7.99. The van der Waals surface area contributed by atoms with E-state index in [9.17, 15) is 9.59 Å². The van der Waals surface area contributed by atoms with E-state index >= 15 is 0 Å². The maximum atomic E-state index is 12.4. The molecule has 4 rings (SSSR count). The van der Waals surface area contributed by atoms with Gasteiger partial charge in [-0.25, -0.2) is 4.98 Å². The third-order valence-electron chi connectivity index (χ3n) is 4.82. The first-order chi connectivity index (χ1) is 16.0. The molecule has 2 amide bonds. The van der Waals surface area contributed by atoms with E-state index in [0.717, 1.165) is 16.1 Å². The lowest BCUT2D eigenvalue weighted by Crippen LogP contribution is -2.22. The highest BCUT2D eigenvalue weighted by Gasteiger charge is 2.12. The number of nitrogens with zero attached hydrogens (tertiary/aromatic N) is 2. The molecule has 0 bridgehead atoms. The third kappa shape index (κ3) is 6.04. The van der Waals surface area contributed by atoms with Gasteiger partial charge in [0.2, 0.25) is 5.91 Å². The van der Waals surface area contributed by atoms with Crippen LogP contribution in [0.15, 0.2) is 77.5 Å². The van der Waals surface area contributed by atoms with Crippen LogP contribution in [0, 0.1) is 6.92 Å². The molecule has 6 nitrogen and oxygen atoms in total. The normalized spacial score (nSPS) is 10.7. The number of hydrogen-bond acceptors (Lipinski definition) is 5. The van der Waals surface area contributed by atoms with Gasteiger partial charge in [-0.3, -0.25) is 14.2 Å². The number of hydrogen-bond donors (Lipinski definition) is 2. The summed E-state index contributed by atoms with van der Waals surface area (Å²) in [7, 11) is 0. The second-order valence-electron chi connectivity index (χ2n) is 7.18. The van der Waals surface area contributed by atoms with Gasteiger partial charge in [-0.2, -0.15) is 0 Å². The molecule has 0 spiro atoms. The van der Waals surface area contributed by atoms with Crippen LogP contribution in [0.3, 0.4) is 0 Å². The zero-order valence-electron chi connectivity index (χ0n) is 17.7. The number of aromatic nitrogens is 2. The second-order valence-corrected chi connectivity index (χ2v) is 9.60. The fraction of sp³-hybridized carbons (Fsp3) is 0.125. The molecule has 0 saturated carbocycles. The summed E-state index contributed by atoms with van der Waals surface area (Å²) in [6.07, 6.45) is 3.51. The smallest absolute Gasteiger partial charge is 0.251 e. The van der Waals surface area contributed by atoms with E-state index < -0.39 is 0 Å². The van der Waals surface area contributed by atoms with Gasteiger partial charge in [0.1, 0.15) is 0 Å². The topological polar surface area (TPSA) is 76.0 Å². The number of carbonyl (C=O) groups excluding carboxylic acids is 2.